The van der Waals surface area contributed by atoms with Gasteiger partial charge in [-0.3, -0.25) is 5.43 Å². The van der Waals surface area contributed by atoms with Gasteiger partial charge in [-0.15, -0.1) is 0 Å². The number of hydrogen-bond donors (Lipinski definition) is 2. The number of hydrogen-bond acceptors (Lipinski definition) is 4. The van der Waals surface area contributed by atoms with Crippen molar-refractivity contribution < 1.29 is 9.53 Å². The van der Waals surface area contributed by atoms with Gasteiger partial charge in [0, 0.05) is 21.3 Å². The molecule has 3 aromatic carbocycles. The summed E-state index contributed by atoms with van der Waals surface area (Å²) in [7, 11) is 0. The van der Waals surface area contributed by atoms with Crippen molar-refractivity contribution in [1.82, 2.24) is 5.43 Å². The zero-order valence-electron chi connectivity index (χ0n) is 14.9. The first-order chi connectivity index (χ1) is 14.0. The van der Waals surface area contributed by atoms with Crippen LogP contribution in [0.3, 0.4) is 0 Å². The first-order valence-electron chi connectivity index (χ1n) is 8.44. The molecule has 0 aliphatic carbocycles. The van der Waals surface area contributed by atoms with Crippen LogP contribution in [-0.4, -0.2) is 17.3 Å². The van der Waals surface area contributed by atoms with Gasteiger partial charge in [-0.2, -0.15) is 5.10 Å². The van der Waals surface area contributed by atoms with Gasteiger partial charge in [0.15, 0.2) is 5.11 Å². The molecule has 29 heavy (non-hydrogen) atoms. The number of benzene rings is 3. The molecule has 3 rings (SSSR count). The van der Waals surface area contributed by atoms with Crippen molar-refractivity contribution in [3.05, 3.63) is 94.0 Å². The molecule has 0 bridgehead atoms. The maximum absolute atomic E-state index is 12.3. The van der Waals surface area contributed by atoms with Crippen LogP contribution in [0.15, 0.2) is 77.9 Å². The molecule has 5 nitrogen and oxygen atoms in total. The minimum absolute atomic E-state index is 0.291. The molecular formula is C21H15Cl2N3O2S. The number of carbonyl (C=O) groups excluding carboxylic acids is 1. The number of anilines is 1. The lowest BCUT2D eigenvalue weighted by Gasteiger charge is -2.08. The fourth-order valence-electron chi connectivity index (χ4n) is 2.31. The molecule has 2 N–H and O–H groups in total. The lowest BCUT2D eigenvalue weighted by molar-refractivity contribution is 0.0734. The lowest BCUT2D eigenvalue weighted by atomic mass is 10.2. The van der Waals surface area contributed by atoms with E-state index in [1.54, 1.807) is 54.6 Å². The van der Waals surface area contributed by atoms with E-state index in [2.05, 4.69) is 15.8 Å². The van der Waals surface area contributed by atoms with Crippen LogP contribution in [0.25, 0.3) is 0 Å². The molecule has 0 aromatic heterocycles. The quantitative estimate of drug-likeness (QED) is 0.178. The summed E-state index contributed by atoms with van der Waals surface area (Å²) in [5.41, 5.74) is 4.45. The molecule has 146 valence electrons. The van der Waals surface area contributed by atoms with Crippen LogP contribution in [0.1, 0.15) is 15.9 Å². The van der Waals surface area contributed by atoms with Gasteiger partial charge < -0.3 is 10.1 Å². The molecule has 0 aliphatic heterocycles. The number of rotatable bonds is 5. The van der Waals surface area contributed by atoms with Crippen molar-refractivity contribution in [3.63, 3.8) is 0 Å². The largest absolute Gasteiger partial charge is 0.422 e. The zero-order valence-corrected chi connectivity index (χ0v) is 17.3. The van der Waals surface area contributed by atoms with Crippen LogP contribution >= 0.6 is 35.4 Å². The molecule has 0 heterocycles. The highest BCUT2D eigenvalue weighted by atomic mass is 35.5. The molecule has 0 aliphatic rings. The van der Waals surface area contributed by atoms with Gasteiger partial charge in [-0.1, -0.05) is 41.4 Å². The Morgan fingerprint density at radius 1 is 0.966 bits per heavy atom. The highest BCUT2D eigenvalue weighted by Gasteiger charge is 2.10. The minimum atomic E-state index is -0.492. The van der Waals surface area contributed by atoms with Crippen LogP contribution in [-0.2, 0) is 0 Å². The normalized spacial score (nSPS) is 10.6. The highest BCUT2D eigenvalue weighted by Crippen LogP contribution is 2.19. The third-order valence-corrected chi connectivity index (χ3v) is 4.33. The average Bonchev–Trinajstić information content (AvgIpc) is 2.70. The van der Waals surface area contributed by atoms with Gasteiger partial charge in [0.05, 0.1) is 11.8 Å². The number of nitrogens with one attached hydrogen (secondary N) is 2. The number of esters is 1. The predicted octanol–water partition coefficient (Wildman–Crippen LogP) is 5.53. The number of carbonyl (C=O) groups is 1. The Morgan fingerprint density at radius 3 is 2.48 bits per heavy atom. The Labute approximate surface area is 183 Å². The maximum atomic E-state index is 12.3. The molecule has 0 saturated carbocycles. The van der Waals surface area contributed by atoms with Gasteiger partial charge in [0.1, 0.15) is 5.75 Å². The van der Waals surface area contributed by atoms with Crippen molar-refractivity contribution in [2.75, 3.05) is 5.32 Å². The summed E-state index contributed by atoms with van der Waals surface area (Å²) in [6.07, 6.45) is 1.51. The molecule has 0 amide bonds. The Balaban J connectivity index is 1.63. The monoisotopic (exact) mass is 443 g/mol. The SMILES string of the molecule is O=C(Oc1ccccc1/C=N\NC(=S)Nc1cccc(Cl)c1)c1ccc(Cl)cc1. The van der Waals surface area contributed by atoms with Crippen LogP contribution in [0.2, 0.25) is 10.0 Å². The Kier molecular flexibility index (Phi) is 7.19. The average molecular weight is 444 g/mol. The van der Waals surface area contributed by atoms with E-state index in [4.69, 9.17) is 40.2 Å². The highest BCUT2D eigenvalue weighted by molar-refractivity contribution is 7.80. The molecule has 0 saturated heterocycles. The standard InChI is InChI=1S/C21H15Cl2N3O2S/c22-16-10-8-14(9-11-16)20(27)28-19-7-2-1-4-15(19)13-24-26-21(29)25-18-6-3-5-17(23)12-18/h1-13H,(H2,25,26,29)/b24-13-. The molecule has 8 heteroatoms. The third-order valence-electron chi connectivity index (χ3n) is 3.65. The number of thiocarbonyl (C=S) groups is 1. The second kappa shape index (κ2) is 10.0. The molecule has 0 radical (unpaired) electrons. The third kappa shape index (κ3) is 6.29. The van der Waals surface area contributed by atoms with Crippen molar-refractivity contribution in [3.8, 4) is 5.75 Å². The summed E-state index contributed by atoms with van der Waals surface area (Å²) in [5.74, 6) is -0.125. The van der Waals surface area contributed by atoms with Crippen molar-refractivity contribution in [2.45, 2.75) is 0 Å². The molecule has 0 unspecified atom stereocenters. The molecular weight excluding hydrogens is 429 g/mol. The maximum Gasteiger partial charge on any atom is 0.343 e. The van der Waals surface area contributed by atoms with Gasteiger partial charge in [-0.25, -0.2) is 4.79 Å². The van der Waals surface area contributed by atoms with Crippen LogP contribution < -0.4 is 15.5 Å². The topological polar surface area (TPSA) is 62.7 Å². The summed E-state index contributed by atoms with van der Waals surface area (Å²) >= 11 is 17.0. The van der Waals surface area contributed by atoms with E-state index in [0.717, 1.165) is 5.69 Å². The van der Waals surface area contributed by atoms with Crippen molar-refractivity contribution in [1.29, 1.82) is 0 Å². The second-order valence-electron chi connectivity index (χ2n) is 5.77. The molecule has 0 atom stereocenters. The summed E-state index contributed by atoms with van der Waals surface area (Å²) in [5, 5.41) is 8.49. The first kappa shape index (κ1) is 20.8. The fourth-order valence-corrected chi connectivity index (χ4v) is 2.80. The zero-order chi connectivity index (χ0) is 20.6. The van der Waals surface area contributed by atoms with E-state index >= 15 is 0 Å². The van der Waals surface area contributed by atoms with Crippen molar-refractivity contribution in [2.24, 2.45) is 5.10 Å². The number of halogens is 2. The second-order valence-corrected chi connectivity index (χ2v) is 7.05. The Morgan fingerprint density at radius 2 is 1.72 bits per heavy atom. The van der Waals surface area contributed by atoms with Crippen molar-refractivity contribution >= 4 is 58.4 Å². The summed E-state index contributed by atoms with van der Waals surface area (Å²) in [4.78, 5) is 12.3. The van der Waals surface area contributed by atoms with E-state index in [-0.39, 0.29) is 0 Å². The molecule has 0 spiro atoms. The van der Waals surface area contributed by atoms with Gasteiger partial charge in [-0.05, 0) is 66.8 Å². The van der Waals surface area contributed by atoms with Crippen LogP contribution in [0, 0.1) is 0 Å². The van der Waals surface area contributed by atoms with Gasteiger partial charge >= 0.3 is 5.97 Å². The summed E-state index contributed by atoms with van der Waals surface area (Å²) < 4.78 is 5.47. The number of para-hydroxylation sites is 1. The van der Waals surface area contributed by atoms with E-state index in [1.165, 1.54) is 6.21 Å². The van der Waals surface area contributed by atoms with E-state index in [0.29, 0.717) is 32.0 Å². The number of ether oxygens (including phenoxy) is 1. The van der Waals surface area contributed by atoms with Crippen LogP contribution in [0.4, 0.5) is 5.69 Å². The smallest absolute Gasteiger partial charge is 0.343 e. The summed E-state index contributed by atoms with van der Waals surface area (Å²) in [6.45, 7) is 0. The van der Waals surface area contributed by atoms with Gasteiger partial charge in [0.2, 0.25) is 0 Å². The lowest BCUT2D eigenvalue weighted by Crippen LogP contribution is -2.23. The Hall–Kier alpha value is -2.93. The van der Waals surface area contributed by atoms with E-state index in [9.17, 15) is 4.79 Å². The number of hydrazone groups is 1. The van der Waals surface area contributed by atoms with E-state index in [1.807, 2.05) is 18.2 Å². The number of nitrogens with zero attached hydrogens (tertiary/aromatic N) is 1. The van der Waals surface area contributed by atoms with E-state index < -0.39 is 5.97 Å². The van der Waals surface area contributed by atoms with Crippen LogP contribution in [0.5, 0.6) is 5.75 Å². The van der Waals surface area contributed by atoms with Gasteiger partial charge in [0.25, 0.3) is 0 Å². The fraction of sp³-hybridized carbons (Fsp3) is 0. The molecule has 3 aromatic rings. The Bertz CT molecular complexity index is 1060. The predicted molar refractivity (Wildman–Crippen MR) is 121 cm³/mol. The minimum Gasteiger partial charge on any atom is -0.422 e. The first-order valence-corrected chi connectivity index (χ1v) is 9.60. The summed E-state index contributed by atoms with van der Waals surface area (Å²) in [6, 6.07) is 20.6. The molecule has 0 fully saturated rings.